The number of urea groups is 1. The van der Waals surface area contributed by atoms with Crippen molar-refractivity contribution in [3.8, 4) is 0 Å². The maximum Gasteiger partial charge on any atom is 0.317 e. The van der Waals surface area contributed by atoms with Gasteiger partial charge in [-0.05, 0) is 24.6 Å². The van der Waals surface area contributed by atoms with Gasteiger partial charge in [-0.1, -0.05) is 6.07 Å². The van der Waals surface area contributed by atoms with E-state index in [1.165, 1.54) is 18.0 Å². The van der Waals surface area contributed by atoms with Gasteiger partial charge in [0.05, 0.1) is 12.5 Å². The van der Waals surface area contributed by atoms with E-state index in [1.54, 1.807) is 6.92 Å². The topological polar surface area (TPSA) is 69.6 Å². The van der Waals surface area contributed by atoms with Crippen molar-refractivity contribution in [1.29, 1.82) is 0 Å². The van der Waals surface area contributed by atoms with E-state index in [1.807, 2.05) is 0 Å². The first-order valence-corrected chi connectivity index (χ1v) is 5.99. The Hall–Kier alpha value is -2.18. The molecule has 0 aliphatic heterocycles. The van der Waals surface area contributed by atoms with Crippen molar-refractivity contribution in [2.45, 2.75) is 19.4 Å². The Kier molecular flexibility index (Phi) is 5.42. The van der Waals surface area contributed by atoms with E-state index in [0.29, 0.717) is 5.56 Å². The Labute approximate surface area is 115 Å². The Balaban J connectivity index is 2.60. The molecule has 1 aromatic carbocycles. The summed E-state index contributed by atoms with van der Waals surface area (Å²) in [6, 6.07) is 2.37. The van der Waals surface area contributed by atoms with E-state index in [2.05, 4.69) is 5.32 Å². The summed E-state index contributed by atoms with van der Waals surface area (Å²) in [6.45, 7) is 1.68. The maximum atomic E-state index is 13.1. The molecular weight excluding hydrogens is 270 g/mol. The molecule has 0 radical (unpaired) electrons. The van der Waals surface area contributed by atoms with Gasteiger partial charge in [-0.25, -0.2) is 13.6 Å². The smallest absolute Gasteiger partial charge is 0.317 e. The summed E-state index contributed by atoms with van der Waals surface area (Å²) in [5, 5.41) is 11.1. The zero-order chi connectivity index (χ0) is 15.3. The van der Waals surface area contributed by atoms with Gasteiger partial charge in [-0.15, -0.1) is 0 Å². The number of nitrogens with zero attached hydrogens (tertiary/aromatic N) is 1. The van der Waals surface area contributed by atoms with Gasteiger partial charge >= 0.3 is 12.0 Å². The molecule has 110 valence electrons. The zero-order valence-electron chi connectivity index (χ0n) is 11.2. The van der Waals surface area contributed by atoms with E-state index in [4.69, 9.17) is 5.11 Å². The minimum Gasteiger partial charge on any atom is -0.481 e. The van der Waals surface area contributed by atoms with Crippen LogP contribution in [0.1, 0.15) is 24.9 Å². The molecule has 0 aromatic heterocycles. The molecule has 1 aromatic rings. The average Bonchev–Trinajstić information content (AvgIpc) is 2.38. The van der Waals surface area contributed by atoms with Crippen LogP contribution in [0.5, 0.6) is 0 Å². The monoisotopic (exact) mass is 286 g/mol. The van der Waals surface area contributed by atoms with Gasteiger partial charge in [0.1, 0.15) is 0 Å². The van der Waals surface area contributed by atoms with Gasteiger partial charge in [0.15, 0.2) is 11.6 Å². The quantitative estimate of drug-likeness (QED) is 0.871. The number of benzene rings is 1. The second kappa shape index (κ2) is 6.83. The summed E-state index contributed by atoms with van der Waals surface area (Å²) in [4.78, 5) is 23.4. The largest absolute Gasteiger partial charge is 0.481 e. The number of halogens is 2. The highest BCUT2D eigenvalue weighted by Gasteiger charge is 2.15. The highest BCUT2D eigenvalue weighted by atomic mass is 19.2. The molecule has 2 amide bonds. The van der Waals surface area contributed by atoms with Crippen LogP contribution in [0.15, 0.2) is 18.2 Å². The molecule has 0 saturated carbocycles. The lowest BCUT2D eigenvalue weighted by Gasteiger charge is -2.21. The highest BCUT2D eigenvalue weighted by molar-refractivity contribution is 5.75. The van der Waals surface area contributed by atoms with Crippen LogP contribution in [0, 0.1) is 11.6 Å². The number of carbonyl (C=O) groups is 2. The molecule has 0 heterocycles. The number of carboxylic acid groups (broad SMARTS) is 1. The molecule has 0 spiro atoms. The summed E-state index contributed by atoms with van der Waals surface area (Å²) in [6.07, 6.45) is -0.163. The third-order valence-electron chi connectivity index (χ3n) is 2.79. The van der Waals surface area contributed by atoms with Crippen LogP contribution in [0.3, 0.4) is 0 Å². The maximum absolute atomic E-state index is 13.1. The van der Waals surface area contributed by atoms with Crippen LogP contribution in [0.4, 0.5) is 13.6 Å². The second-order valence-corrected chi connectivity index (χ2v) is 4.41. The number of carboxylic acids is 1. The fraction of sp³-hybridized carbons (Fsp3) is 0.385. The first-order chi connectivity index (χ1) is 9.31. The Morgan fingerprint density at radius 3 is 2.55 bits per heavy atom. The highest BCUT2D eigenvalue weighted by Crippen LogP contribution is 2.16. The fourth-order valence-electron chi connectivity index (χ4n) is 1.53. The lowest BCUT2D eigenvalue weighted by atomic mass is 10.1. The standard InChI is InChI=1S/C13H16F2N2O3/c1-8(9-3-4-10(14)11(15)7-9)16-13(20)17(2)6-5-12(18)19/h3-4,7-8H,5-6H2,1-2H3,(H,16,20)(H,18,19). The van der Waals surface area contributed by atoms with Gasteiger partial charge in [-0.3, -0.25) is 4.79 Å². The number of hydrogen-bond acceptors (Lipinski definition) is 2. The van der Waals surface area contributed by atoms with Crippen molar-refractivity contribution >= 4 is 12.0 Å². The van der Waals surface area contributed by atoms with Crippen molar-refractivity contribution < 1.29 is 23.5 Å². The molecule has 7 heteroatoms. The van der Waals surface area contributed by atoms with Crippen molar-refractivity contribution in [3.05, 3.63) is 35.4 Å². The summed E-state index contributed by atoms with van der Waals surface area (Å²) in [5.41, 5.74) is 0.420. The van der Waals surface area contributed by atoms with Crippen molar-refractivity contribution in [2.75, 3.05) is 13.6 Å². The minimum absolute atomic E-state index is 0.0612. The molecular formula is C13H16F2N2O3. The number of hydrogen-bond donors (Lipinski definition) is 2. The Bertz CT molecular complexity index is 508. The number of aliphatic carboxylic acids is 1. The van der Waals surface area contributed by atoms with Crippen molar-refractivity contribution in [1.82, 2.24) is 10.2 Å². The fourth-order valence-corrected chi connectivity index (χ4v) is 1.53. The molecule has 1 atom stereocenters. The third kappa shape index (κ3) is 4.49. The lowest BCUT2D eigenvalue weighted by molar-refractivity contribution is -0.137. The van der Waals surface area contributed by atoms with Crippen LogP contribution < -0.4 is 5.32 Å². The molecule has 1 rings (SSSR count). The predicted octanol–water partition coefficient (Wildman–Crippen LogP) is 2.14. The summed E-state index contributed by atoms with van der Waals surface area (Å²) >= 11 is 0. The lowest BCUT2D eigenvalue weighted by Crippen LogP contribution is -2.39. The molecule has 1 unspecified atom stereocenters. The first kappa shape index (κ1) is 15.9. The van der Waals surface area contributed by atoms with E-state index < -0.39 is 29.7 Å². The normalized spacial score (nSPS) is 11.8. The van der Waals surface area contributed by atoms with E-state index in [-0.39, 0.29) is 13.0 Å². The number of carbonyl (C=O) groups excluding carboxylic acids is 1. The van der Waals surface area contributed by atoms with Gasteiger partial charge < -0.3 is 15.3 Å². The van der Waals surface area contributed by atoms with Gasteiger partial charge in [-0.2, -0.15) is 0 Å². The average molecular weight is 286 g/mol. The second-order valence-electron chi connectivity index (χ2n) is 4.41. The summed E-state index contributed by atoms with van der Waals surface area (Å²) in [7, 11) is 1.45. The first-order valence-electron chi connectivity index (χ1n) is 5.99. The van der Waals surface area contributed by atoms with E-state index in [0.717, 1.165) is 12.1 Å². The third-order valence-corrected chi connectivity index (χ3v) is 2.79. The minimum atomic E-state index is -1.00. The number of nitrogens with one attached hydrogen (secondary N) is 1. The molecule has 5 nitrogen and oxygen atoms in total. The van der Waals surface area contributed by atoms with E-state index >= 15 is 0 Å². The number of rotatable bonds is 5. The molecule has 2 N–H and O–H groups in total. The van der Waals surface area contributed by atoms with Crippen LogP contribution in [-0.4, -0.2) is 35.6 Å². The van der Waals surface area contributed by atoms with Crippen LogP contribution in [0.2, 0.25) is 0 Å². The predicted molar refractivity (Wildman–Crippen MR) is 68.2 cm³/mol. The molecule has 0 aliphatic rings. The molecule has 0 fully saturated rings. The van der Waals surface area contributed by atoms with Crippen LogP contribution in [-0.2, 0) is 4.79 Å². The Morgan fingerprint density at radius 1 is 1.35 bits per heavy atom. The molecule has 0 aliphatic carbocycles. The zero-order valence-corrected chi connectivity index (χ0v) is 11.2. The van der Waals surface area contributed by atoms with Crippen molar-refractivity contribution in [3.63, 3.8) is 0 Å². The molecule has 0 saturated heterocycles. The van der Waals surface area contributed by atoms with Gasteiger partial charge in [0, 0.05) is 13.6 Å². The van der Waals surface area contributed by atoms with Crippen LogP contribution in [0.25, 0.3) is 0 Å². The Morgan fingerprint density at radius 2 is 2.00 bits per heavy atom. The molecule has 20 heavy (non-hydrogen) atoms. The SMILES string of the molecule is CC(NC(=O)N(C)CCC(=O)O)c1ccc(F)c(F)c1. The molecule has 0 bridgehead atoms. The van der Waals surface area contributed by atoms with E-state index in [9.17, 15) is 18.4 Å². The van der Waals surface area contributed by atoms with Crippen molar-refractivity contribution in [2.24, 2.45) is 0 Å². The summed E-state index contributed by atoms with van der Waals surface area (Å²) < 4.78 is 25.9. The van der Waals surface area contributed by atoms with Gasteiger partial charge in [0.25, 0.3) is 0 Å². The summed E-state index contributed by atoms with van der Waals surface area (Å²) in [5.74, 6) is -2.94. The van der Waals surface area contributed by atoms with Gasteiger partial charge in [0.2, 0.25) is 0 Å². The van der Waals surface area contributed by atoms with Crippen LogP contribution >= 0.6 is 0 Å². The number of amides is 2.